The van der Waals surface area contributed by atoms with Gasteiger partial charge in [-0.2, -0.15) is 0 Å². The Morgan fingerprint density at radius 3 is 2.53 bits per heavy atom. The first-order valence-corrected chi connectivity index (χ1v) is 4.78. The van der Waals surface area contributed by atoms with E-state index in [0.717, 1.165) is 0 Å². The van der Waals surface area contributed by atoms with Crippen LogP contribution in [-0.2, 0) is 0 Å². The van der Waals surface area contributed by atoms with Crippen LogP contribution >= 0.6 is 0 Å². The minimum Gasteiger partial charge on any atom is -0.477 e. The summed E-state index contributed by atoms with van der Waals surface area (Å²) in [5.41, 5.74) is -0.107. The van der Waals surface area contributed by atoms with Gasteiger partial charge in [-0.1, -0.05) is 0 Å². The Morgan fingerprint density at radius 1 is 1.18 bits per heavy atom. The summed E-state index contributed by atoms with van der Waals surface area (Å²) in [6, 6.07) is 8.25. The van der Waals surface area contributed by atoms with Gasteiger partial charge in [-0.25, -0.2) is 14.2 Å². The molecule has 0 bridgehead atoms. The number of rotatable bonds is 3. The molecule has 1 heterocycles. The molecular formula is C12H8FNO3. The minimum absolute atomic E-state index is 0.107. The molecule has 0 unspecified atom stereocenters. The number of halogens is 1. The Labute approximate surface area is 96.3 Å². The molecule has 2 rings (SSSR count). The lowest BCUT2D eigenvalue weighted by molar-refractivity contribution is 0.0690. The van der Waals surface area contributed by atoms with Gasteiger partial charge in [-0.3, -0.25) is 0 Å². The van der Waals surface area contributed by atoms with E-state index in [2.05, 4.69) is 4.98 Å². The van der Waals surface area contributed by atoms with Crippen LogP contribution in [0.15, 0.2) is 42.6 Å². The fourth-order valence-electron chi connectivity index (χ4n) is 1.23. The van der Waals surface area contributed by atoms with Crippen LogP contribution in [-0.4, -0.2) is 16.1 Å². The van der Waals surface area contributed by atoms with E-state index >= 15 is 0 Å². The van der Waals surface area contributed by atoms with Crippen LogP contribution in [0.4, 0.5) is 4.39 Å². The molecule has 0 fully saturated rings. The van der Waals surface area contributed by atoms with Crippen LogP contribution in [0.25, 0.3) is 0 Å². The molecule has 5 heteroatoms. The lowest BCUT2D eigenvalue weighted by Gasteiger charge is -2.05. The van der Waals surface area contributed by atoms with Crippen molar-refractivity contribution in [1.82, 2.24) is 4.98 Å². The fraction of sp³-hybridized carbons (Fsp3) is 0. The predicted octanol–water partition coefficient (Wildman–Crippen LogP) is 2.71. The zero-order chi connectivity index (χ0) is 12.3. The summed E-state index contributed by atoms with van der Waals surface area (Å²) in [5.74, 6) is -0.731. The number of hydrogen-bond donors (Lipinski definition) is 1. The van der Waals surface area contributed by atoms with Crippen molar-refractivity contribution in [3.8, 4) is 11.5 Å². The van der Waals surface area contributed by atoms with Gasteiger partial charge in [0.25, 0.3) is 0 Å². The van der Waals surface area contributed by atoms with E-state index in [1.807, 2.05) is 0 Å². The van der Waals surface area contributed by atoms with Gasteiger partial charge in [0.2, 0.25) is 0 Å². The lowest BCUT2D eigenvalue weighted by atomic mass is 10.3. The first-order chi connectivity index (χ1) is 8.15. The fourth-order valence-corrected chi connectivity index (χ4v) is 1.23. The van der Waals surface area contributed by atoms with Crippen LogP contribution in [0.3, 0.4) is 0 Å². The molecule has 4 nitrogen and oxygen atoms in total. The Hall–Kier alpha value is -2.43. The van der Waals surface area contributed by atoms with Gasteiger partial charge >= 0.3 is 5.97 Å². The summed E-state index contributed by atoms with van der Waals surface area (Å²) >= 11 is 0. The normalized spacial score (nSPS) is 9.94. The van der Waals surface area contributed by atoms with E-state index in [-0.39, 0.29) is 11.5 Å². The van der Waals surface area contributed by atoms with Crippen LogP contribution in [0, 0.1) is 5.82 Å². The number of pyridine rings is 1. The van der Waals surface area contributed by atoms with Crippen molar-refractivity contribution in [1.29, 1.82) is 0 Å². The van der Waals surface area contributed by atoms with Crippen molar-refractivity contribution in [2.75, 3.05) is 0 Å². The van der Waals surface area contributed by atoms with E-state index < -0.39 is 5.97 Å². The van der Waals surface area contributed by atoms with Crippen LogP contribution in [0.5, 0.6) is 11.5 Å². The highest BCUT2D eigenvalue weighted by Gasteiger charge is 2.06. The number of hydrogen-bond acceptors (Lipinski definition) is 3. The third-order valence-corrected chi connectivity index (χ3v) is 2.00. The lowest BCUT2D eigenvalue weighted by Crippen LogP contribution is -1.99. The van der Waals surface area contributed by atoms with Gasteiger partial charge < -0.3 is 9.84 Å². The van der Waals surface area contributed by atoms with E-state index in [1.54, 1.807) is 0 Å². The SMILES string of the molecule is O=C(O)c1cc(Oc2ccc(F)cc2)ccn1. The smallest absolute Gasteiger partial charge is 0.354 e. The summed E-state index contributed by atoms with van der Waals surface area (Å²) in [5, 5.41) is 8.74. The highest BCUT2D eigenvalue weighted by molar-refractivity contribution is 5.85. The van der Waals surface area contributed by atoms with Crippen molar-refractivity contribution in [3.05, 3.63) is 54.1 Å². The van der Waals surface area contributed by atoms with E-state index in [9.17, 15) is 9.18 Å². The molecule has 1 aromatic carbocycles. The molecule has 1 N–H and O–H groups in total. The van der Waals surface area contributed by atoms with Crippen molar-refractivity contribution in [2.45, 2.75) is 0 Å². The summed E-state index contributed by atoms with van der Waals surface area (Å²) in [6.45, 7) is 0. The summed E-state index contributed by atoms with van der Waals surface area (Å²) < 4.78 is 18.0. The molecule has 0 spiro atoms. The Morgan fingerprint density at radius 2 is 1.88 bits per heavy atom. The van der Waals surface area contributed by atoms with E-state index in [0.29, 0.717) is 11.5 Å². The second-order valence-corrected chi connectivity index (χ2v) is 3.24. The van der Waals surface area contributed by atoms with Crippen LogP contribution < -0.4 is 4.74 Å². The number of carboxylic acids is 1. The van der Waals surface area contributed by atoms with E-state index in [4.69, 9.17) is 9.84 Å². The van der Waals surface area contributed by atoms with Crippen molar-refractivity contribution >= 4 is 5.97 Å². The maximum Gasteiger partial charge on any atom is 0.354 e. The highest BCUT2D eigenvalue weighted by atomic mass is 19.1. The van der Waals surface area contributed by atoms with Gasteiger partial charge in [0.15, 0.2) is 5.69 Å². The highest BCUT2D eigenvalue weighted by Crippen LogP contribution is 2.21. The largest absolute Gasteiger partial charge is 0.477 e. The average Bonchev–Trinajstić information content (AvgIpc) is 2.32. The number of benzene rings is 1. The Balaban J connectivity index is 2.21. The number of aromatic carboxylic acids is 1. The van der Waals surface area contributed by atoms with Crippen LogP contribution in [0.2, 0.25) is 0 Å². The quantitative estimate of drug-likeness (QED) is 0.885. The average molecular weight is 233 g/mol. The number of ether oxygens (including phenoxy) is 1. The van der Waals surface area contributed by atoms with Gasteiger partial charge in [0, 0.05) is 12.3 Å². The summed E-state index contributed by atoms with van der Waals surface area (Å²) in [6.07, 6.45) is 1.34. The monoisotopic (exact) mass is 233 g/mol. The molecule has 1 aromatic heterocycles. The van der Waals surface area contributed by atoms with E-state index in [1.165, 1.54) is 42.6 Å². The number of carbonyl (C=O) groups is 1. The summed E-state index contributed by atoms with van der Waals surface area (Å²) in [7, 11) is 0. The molecule has 0 aliphatic carbocycles. The second-order valence-electron chi connectivity index (χ2n) is 3.24. The minimum atomic E-state index is -1.13. The zero-order valence-corrected chi connectivity index (χ0v) is 8.63. The molecule has 2 aromatic rings. The molecule has 0 aliphatic rings. The topological polar surface area (TPSA) is 59.4 Å². The maximum absolute atomic E-state index is 12.7. The molecule has 0 atom stereocenters. The molecule has 0 saturated carbocycles. The molecule has 0 saturated heterocycles. The molecule has 86 valence electrons. The van der Waals surface area contributed by atoms with Gasteiger partial charge in [-0.05, 0) is 30.3 Å². The third-order valence-electron chi connectivity index (χ3n) is 2.00. The molecule has 0 aliphatic heterocycles. The number of carboxylic acid groups (broad SMARTS) is 1. The van der Waals surface area contributed by atoms with Crippen molar-refractivity contribution in [3.63, 3.8) is 0 Å². The molecule has 0 amide bonds. The Bertz CT molecular complexity index is 540. The summed E-state index contributed by atoms with van der Waals surface area (Å²) in [4.78, 5) is 14.3. The molecule has 17 heavy (non-hydrogen) atoms. The van der Waals surface area contributed by atoms with Crippen molar-refractivity contribution in [2.24, 2.45) is 0 Å². The van der Waals surface area contributed by atoms with Crippen molar-refractivity contribution < 1.29 is 19.0 Å². The van der Waals surface area contributed by atoms with Gasteiger partial charge in [0.05, 0.1) is 0 Å². The zero-order valence-electron chi connectivity index (χ0n) is 8.63. The Kier molecular flexibility index (Phi) is 3.00. The number of nitrogens with zero attached hydrogens (tertiary/aromatic N) is 1. The first kappa shape index (κ1) is 11.1. The molecular weight excluding hydrogens is 225 g/mol. The first-order valence-electron chi connectivity index (χ1n) is 4.78. The number of aromatic nitrogens is 1. The standard InChI is InChI=1S/C12H8FNO3/c13-8-1-3-9(4-2-8)17-10-5-6-14-11(7-10)12(15)16/h1-7H,(H,15,16). The molecule has 0 radical (unpaired) electrons. The third kappa shape index (κ3) is 2.78. The maximum atomic E-state index is 12.7. The van der Waals surface area contributed by atoms with Gasteiger partial charge in [0.1, 0.15) is 17.3 Å². The van der Waals surface area contributed by atoms with Crippen LogP contribution in [0.1, 0.15) is 10.5 Å². The predicted molar refractivity (Wildman–Crippen MR) is 57.7 cm³/mol. The second kappa shape index (κ2) is 4.61. The van der Waals surface area contributed by atoms with Gasteiger partial charge in [-0.15, -0.1) is 0 Å².